The fourth-order valence-corrected chi connectivity index (χ4v) is 2.22. The Labute approximate surface area is 69.1 Å². The zero-order chi connectivity index (χ0) is 8.43. The van der Waals surface area contributed by atoms with Crippen molar-refractivity contribution in [2.75, 3.05) is 11.6 Å². The first-order valence-electron chi connectivity index (χ1n) is 3.27. The number of primary amides is 1. The first-order chi connectivity index (χ1) is 5.13. The van der Waals surface area contributed by atoms with Crippen molar-refractivity contribution in [3.8, 4) is 0 Å². The van der Waals surface area contributed by atoms with E-state index in [4.69, 9.17) is 5.73 Å². The second-order valence-electron chi connectivity index (χ2n) is 2.41. The van der Waals surface area contributed by atoms with Crippen molar-refractivity contribution in [2.45, 2.75) is 13.0 Å². The maximum absolute atomic E-state index is 10.9. The van der Waals surface area contributed by atoms with Crippen LogP contribution in [0.5, 0.6) is 0 Å². The third-order valence-electron chi connectivity index (χ3n) is 1.62. The van der Waals surface area contributed by atoms with Crippen LogP contribution in [0.1, 0.15) is 6.92 Å². The zero-order valence-electron chi connectivity index (χ0n) is 6.24. The van der Waals surface area contributed by atoms with Gasteiger partial charge in [0.15, 0.2) is 0 Å². The molecule has 0 aromatic rings. The minimum absolute atomic E-state index is 0.0844. The van der Waals surface area contributed by atoms with Crippen molar-refractivity contribution in [1.29, 1.82) is 0 Å². The van der Waals surface area contributed by atoms with Gasteiger partial charge in [-0.15, -0.1) is 11.8 Å². The molecular formula is C6H10N2O2S. The van der Waals surface area contributed by atoms with Crippen LogP contribution in [0.25, 0.3) is 0 Å². The van der Waals surface area contributed by atoms with E-state index in [9.17, 15) is 9.59 Å². The lowest BCUT2D eigenvalue weighted by molar-refractivity contribution is -0.135. The van der Waals surface area contributed by atoms with Gasteiger partial charge in [-0.05, 0) is 0 Å². The number of nitrogens with two attached hydrogens (primary N) is 1. The second kappa shape index (κ2) is 3.13. The summed E-state index contributed by atoms with van der Waals surface area (Å²) < 4.78 is 0. The molecule has 4 nitrogen and oxygen atoms in total. The predicted molar refractivity (Wildman–Crippen MR) is 42.8 cm³/mol. The highest BCUT2D eigenvalue weighted by Crippen LogP contribution is 2.20. The number of carbonyl (C=O) groups excluding carboxylic acids is 2. The number of hydrogen-bond acceptors (Lipinski definition) is 3. The van der Waals surface area contributed by atoms with E-state index < -0.39 is 11.9 Å². The maximum atomic E-state index is 10.9. The molecule has 2 amide bonds. The molecular weight excluding hydrogens is 164 g/mol. The summed E-state index contributed by atoms with van der Waals surface area (Å²) in [4.78, 5) is 23.1. The van der Waals surface area contributed by atoms with Crippen molar-refractivity contribution in [3.05, 3.63) is 0 Å². The van der Waals surface area contributed by atoms with Gasteiger partial charge in [-0.1, -0.05) is 0 Å². The van der Waals surface area contributed by atoms with Gasteiger partial charge in [0.25, 0.3) is 0 Å². The smallest absolute Gasteiger partial charge is 0.241 e. The number of amides is 2. The van der Waals surface area contributed by atoms with E-state index in [1.165, 1.54) is 11.8 Å². The monoisotopic (exact) mass is 174 g/mol. The Hall–Kier alpha value is -0.710. The normalized spacial score (nSPS) is 23.7. The lowest BCUT2D eigenvalue weighted by Gasteiger charge is -2.18. The van der Waals surface area contributed by atoms with Gasteiger partial charge < -0.3 is 10.6 Å². The maximum Gasteiger partial charge on any atom is 0.241 e. The lowest BCUT2D eigenvalue weighted by Crippen LogP contribution is -2.44. The van der Waals surface area contributed by atoms with Gasteiger partial charge >= 0.3 is 0 Å². The van der Waals surface area contributed by atoms with Crippen LogP contribution in [0, 0.1) is 0 Å². The number of carbonyl (C=O) groups is 2. The average molecular weight is 174 g/mol. The number of thioether (sulfide) groups is 1. The molecule has 5 heteroatoms. The van der Waals surface area contributed by atoms with Crippen LogP contribution in [0.4, 0.5) is 0 Å². The van der Waals surface area contributed by atoms with Crippen molar-refractivity contribution in [3.63, 3.8) is 0 Å². The fourth-order valence-electron chi connectivity index (χ4n) is 0.989. The van der Waals surface area contributed by atoms with Crippen LogP contribution in [-0.2, 0) is 9.59 Å². The number of rotatable bonds is 1. The van der Waals surface area contributed by atoms with Gasteiger partial charge in [0, 0.05) is 12.7 Å². The quantitative estimate of drug-likeness (QED) is 0.577. The molecule has 1 fully saturated rings. The van der Waals surface area contributed by atoms with E-state index >= 15 is 0 Å². The highest BCUT2D eigenvalue weighted by Gasteiger charge is 2.30. The van der Waals surface area contributed by atoms with E-state index in [-0.39, 0.29) is 5.91 Å². The molecule has 2 N–H and O–H groups in total. The van der Waals surface area contributed by atoms with E-state index in [0.717, 1.165) is 0 Å². The molecule has 0 spiro atoms. The molecule has 0 aliphatic carbocycles. The minimum Gasteiger partial charge on any atom is -0.368 e. The Morgan fingerprint density at radius 3 is 2.64 bits per heavy atom. The highest BCUT2D eigenvalue weighted by molar-refractivity contribution is 7.99. The minimum atomic E-state index is -0.412. The van der Waals surface area contributed by atoms with Gasteiger partial charge in [-0.3, -0.25) is 9.59 Å². The molecule has 1 atom stereocenters. The standard InChI is InChI=1S/C6H10N2O2S/c1-4(9)8-3-11-2-5(8)6(7)10/h5H,2-3H2,1H3,(H2,7,10)/t5-/m1/s1. The summed E-state index contributed by atoms with van der Waals surface area (Å²) in [5.41, 5.74) is 5.08. The van der Waals surface area contributed by atoms with Gasteiger partial charge in [-0.25, -0.2) is 0 Å². The molecule has 11 heavy (non-hydrogen) atoms. The van der Waals surface area contributed by atoms with E-state index in [1.807, 2.05) is 0 Å². The predicted octanol–water partition coefficient (Wildman–Crippen LogP) is -0.607. The summed E-state index contributed by atoms with van der Waals surface area (Å²) in [6, 6.07) is -0.391. The Morgan fingerprint density at radius 1 is 1.64 bits per heavy atom. The van der Waals surface area contributed by atoms with Crippen molar-refractivity contribution in [2.24, 2.45) is 5.73 Å². The van der Waals surface area contributed by atoms with E-state index in [2.05, 4.69) is 0 Å². The molecule has 1 saturated heterocycles. The number of nitrogens with zero attached hydrogens (tertiary/aromatic N) is 1. The first kappa shape index (κ1) is 8.39. The molecule has 0 aromatic carbocycles. The van der Waals surface area contributed by atoms with Crippen LogP contribution in [-0.4, -0.2) is 34.4 Å². The molecule has 1 rings (SSSR count). The summed E-state index contributed by atoms with van der Waals surface area (Å²) >= 11 is 1.55. The first-order valence-corrected chi connectivity index (χ1v) is 4.42. The van der Waals surface area contributed by atoms with Gasteiger partial charge in [-0.2, -0.15) is 0 Å². The molecule has 0 radical (unpaired) electrons. The van der Waals surface area contributed by atoms with Crippen molar-refractivity contribution < 1.29 is 9.59 Å². The summed E-state index contributed by atoms with van der Waals surface area (Å²) in [7, 11) is 0. The van der Waals surface area contributed by atoms with Crippen LogP contribution in [0.2, 0.25) is 0 Å². The Balaban J connectivity index is 2.65. The third kappa shape index (κ3) is 1.65. The molecule has 0 unspecified atom stereocenters. The third-order valence-corrected chi connectivity index (χ3v) is 2.63. The van der Waals surface area contributed by atoms with Gasteiger partial charge in [0.2, 0.25) is 11.8 Å². The SMILES string of the molecule is CC(=O)N1CSC[C@@H]1C(N)=O. The van der Waals surface area contributed by atoms with Crippen molar-refractivity contribution in [1.82, 2.24) is 4.90 Å². The molecule has 62 valence electrons. The molecule has 0 saturated carbocycles. The van der Waals surface area contributed by atoms with E-state index in [1.54, 1.807) is 11.8 Å². The molecule has 1 aliphatic heterocycles. The summed E-state index contributed by atoms with van der Waals surface area (Å²) in [5, 5.41) is 0. The van der Waals surface area contributed by atoms with Gasteiger partial charge in [0.1, 0.15) is 6.04 Å². The molecule has 0 aromatic heterocycles. The van der Waals surface area contributed by atoms with Crippen LogP contribution >= 0.6 is 11.8 Å². The Kier molecular flexibility index (Phi) is 2.38. The second-order valence-corrected chi connectivity index (χ2v) is 3.41. The summed E-state index contributed by atoms with van der Waals surface area (Å²) in [6.07, 6.45) is 0. The largest absolute Gasteiger partial charge is 0.368 e. The zero-order valence-corrected chi connectivity index (χ0v) is 7.06. The van der Waals surface area contributed by atoms with E-state index in [0.29, 0.717) is 11.6 Å². The topological polar surface area (TPSA) is 63.4 Å². The summed E-state index contributed by atoms with van der Waals surface area (Å²) in [6.45, 7) is 1.45. The molecule has 1 heterocycles. The fraction of sp³-hybridized carbons (Fsp3) is 0.667. The van der Waals surface area contributed by atoms with Crippen LogP contribution in [0.15, 0.2) is 0 Å². The Bertz CT molecular complexity index is 175. The van der Waals surface area contributed by atoms with Crippen molar-refractivity contribution >= 4 is 23.6 Å². The van der Waals surface area contributed by atoms with Crippen LogP contribution in [0.3, 0.4) is 0 Å². The van der Waals surface area contributed by atoms with Gasteiger partial charge in [0.05, 0.1) is 5.88 Å². The molecule has 1 aliphatic rings. The summed E-state index contributed by atoms with van der Waals surface area (Å²) in [5.74, 6) is 0.724. The highest BCUT2D eigenvalue weighted by atomic mass is 32.2. The number of hydrogen-bond donors (Lipinski definition) is 1. The average Bonchev–Trinajstić information content (AvgIpc) is 2.32. The lowest BCUT2D eigenvalue weighted by atomic mass is 10.3. The Morgan fingerprint density at radius 2 is 2.27 bits per heavy atom. The molecule has 0 bridgehead atoms. The van der Waals surface area contributed by atoms with Crippen LogP contribution < -0.4 is 5.73 Å².